The molecule has 6 aromatic heterocycles. The Morgan fingerprint density at radius 3 is 1.49 bits per heavy atom. The molecule has 10 rings (SSSR count). The summed E-state index contributed by atoms with van der Waals surface area (Å²) >= 11 is 0. The third-order valence-electron chi connectivity index (χ3n) is 13.3. The van der Waals surface area contributed by atoms with Crippen LogP contribution in [0.5, 0.6) is 0 Å². The van der Waals surface area contributed by atoms with Crippen molar-refractivity contribution in [2.24, 2.45) is 0 Å². The molecule has 2 N–H and O–H groups in total. The number of carbonyl (C=O) groups excluding carboxylic acids is 4. The number of fused-ring (bicyclic) bond motifs is 2. The van der Waals surface area contributed by atoms with E-state index in [0.717, 1.165) is 100 Å². The minimum absolute atomic E-state index is 0.0464. The topological polar surface area (TPSA) is 185 Å². The third-order valence-corrected chi connectivity index (χ3v) is 13.3. The third kappa shape index (κ3) is 10.5. The zero-order valence-electron chi connectivity index (χ0n) is 41.6. The van der Waals surface area contributed by atoms with E-state index >= 15 is 0 Å². The normalized spacial score (nSPS) is 15.4. The standard InChI is InChI=1S/C29H28N6O2.C28H28N6O2/c1-4-8-25(36)34-16-7-9-23(18-34)28-33-26(27-20(3)31-17-19(2)35(27)28)21-11-13-22(14-12-21)29(37)32-24-10-5-6-15-30-24;1-4-24(35)33-15-7-8-22(17-33)27-32-25(26-19(3)30-16-18(2)34(26)27)20-10-12-21(13-11-20)28(36)31-23-9-5-6-14-29-23/h5-6,10-15,17,23H,7,9,16,18H2,1-3H3,(H,30,32,37);4-6,9-14,16,22H,1,7-8,15,17H2,2-3H3,(H,29,31,36)/t23-;22-/m11/s1. The first-order valence-corrected chi connectivity index (χ1v) is 24.4. The van der Waals surface area contributed by atoms with Crippen LogP contribution in [0, 0.1) is 39.5 Å². The van der Waals surface area contributed by atoms with E-state index in [9.17, 15) is 19.2 Å². The van der Waals surface area contributed by atoms with Gasteiger partial charge in [-0.15, -0.1) is 0 Å². The highest BCUT2D eigenvalue weighted by atomic mass is 16.2. The number of anilines is 2. The first kappa shape index (κ1) is 49.2. The summed E-state index contributed by atoms with van der Waals surface area (Å²) < 4.78 is 4.34. The van der Waals surface area contributed by atoms with Crippen molar-refractivity contribution in [3.05, 3.63) is 168 Å². The van der Waals surface area contributed by atoms with E-state index in [0.29, 0.717) is 42.4 Å². The predicted octanol–water partition coefficient (Wildman–Crippen LogP) is 8.94. The Morgan fingerprint density at radius 1 is 0.616 bits per heavy atom. The van der Waals surface area contributed by atoms with Crippen LogP contribution in [0.25, 0.3) is 33.5 Å². The van der Waals surface area contributed by atoms with Crippen molar-refractivity contribution in [2.75, 3.05) is 36.8 Å². The van der Waals surface area contributed by atoms with E-state index in [-0.39, 0.29) is 35.5 Å². The summed E-state index contributed by atoms with van der Waals surface area (Å²) in [5.41, 5.74) is 10.1. The average molecular weight is 973 g/mol. The van der Waals surface area contributed by atoms with Crippen LogP contribution in [0.3, 0.4) is 0 Å². The maximum atomic E-state index is 12.7. The summed E-state index contributed by atoms with van der Waals surface area (Å²) in [6.07, 6.45) is 12.1. The molecule has 8 aromatic rings. The number of nitrogens with one attached hydrogen (secondary N) is 2. The number of imidazole rings is 2. The van der Waals surface area contributed by atoms with Gasteiger partial charge in [0, 0.05) is 96.4 Å². The number of aryl methyl sites for hydroxylation is 4. The molecule has 0 unspecified atom stereocenters. The van der Waals surface area contributed by atoms with Crippen molar-refractivity contribution in [3.8, 4) is 34.4 Å². The number of pyridine rings is 2. The van der Waals surface area contributed by atoms with E-state index in [1.54, 1.807) is 67.8 Å². The number of carbonyl (C=O) groups is 4. The Kier molecular flexibility index (Phi) is 14.6. The second-order valence-electron chi connectivity index (χ2n) is 18.3. The Morgan fingerprint density at radius 2 is 1.07 bits per heavy atom. The summed E-state index contributed by atoms with van der Waals surface area (Å²) in [5.74, 6) is 7.80. The van der Waals surface area contributed by atoms with Crippen molar-refractivity contribution in [3.63, 3.8) is 0 Å². The summed E-state index contributed by atoms with van der Waals surface area (Å²) in [6.45, 7) is 16.0. The van der Waals surface area contributed by atoms with Crippen molar-refractivity contribution >= 4 is 46.3 Å². The minimum Gasteiger partial charge on any atom is -0.338 e. The highest BCUT2D eigenvalue weighted by molar-refractivity contribution is 6.05. The maximum Gasteiger partial charge on any atom is 0.298 e. The van der Waals surface area contributed by atoms with Crippen LogP contribution < -0.4 is 10.6 Å². The number of benzene rings is 2. The molecule has 2 aromatic carbocycles. The second kappa shape index (κ2) is 21.7. The quantitative estimate of drug-likeness (QED) is 0.105. The Balaban J connectivity index is 0.000000180. The highest BCUT2D eigenvalue weighted by Crippen LogP contribution is 2.36. The van der Waals surface area contributed by atoms with Gasteiger partial charge in [0.25, 0.3) is 17.7 Å². The van der Waals surface area contributed by atoms with Crippen molar-refractivity contribution < 1.29 is 19.2 Å². The molecular weight excluding hydrogens is 917 g/mol. The molecule has 4 amide bonds. The van der Waals surface area contributed by atoms with Crippen LogP contribution in [0.1, 0.15) is 99.6 Å². The summed E-state index contributed by atoms with van der Waals surface area (Å²) in [4.78, 5) is 81.5. The predicted molar refractivity (Wildman–Crippen MR) is 281 cm³/mol. The fourth-order valence-corrected chi connectivity index (χ4v) is 9.71. The Labute approximate surface area is 423 Å². The summed E-state index contributed by atoms with van der Waals surface area (Å²) in [5, 5.41) is 5.62. The first-order valence-electron chi connectivity index (χ1n) is 24.4. The van der Waals surface area contributed by atoms with Gasteiger partial charge in [-0.05, 0) is 121 Å². The van der Waals surface area contributed by atoms with Gasteiger partial charge >= 0.3 is 0 Å². The van der Waals surface area contributed by atoms with E-state index in [1.807, 2.05) is 86.3 Å². The molecule has 16 heteroatoms. The molecule has 0 saturated carbocycles. The van der Waals surface area contributed by atoms with Gasteiger partial charge in [0.15, 0.2) is 0 Å². The lowest BCUT2D eigenvalue weighted by molar-refractivity contribution is -0.127. The van der Waals surface area contributed by atoms with Gasteiger partial charge in [-0.1, -0.05) is 48.9 Å². The molecule has 0 spiro atoms. The van der Waals surface area contributed by atoms with E-state index in [1.165, 1.54) is 6.08 Å². The van der Waals surface area contributed by atoms with Crippen LogP contribution in [0.15, 0.2) is 122 Å². The minimum atomic E-state index is -0.225. The van der Waals surface area contributed by atoms with Crippen LogP contribution >= 0.6 is 0 Å². The monoisotopic (exact) mass is 972 g/mol. The number of likely N-dealkylation sites (tertiary alicyclic amines) is 2. The van der Waals surface area contributed by atoms with E-state index in [4.69, 9.17) is 9.97 Å². The van der Waals surface area contributed by atoms with Crippen LogP contribution in [-0.4, -0.2) is 98.3 Å². The largest absolute Gasteiger partial charge is 0.338 e. The lowest BCUT2D eigenvalue weighted by atomic mass is 9.97. The van der Waals surface area contributed by atoms with Crippen molar-refractivity contribution in [2.45, 2.75) is 72.1 Å². The molecule has 2 fully saturated rings. The number of hydrogen-bond acceptors (Lipinski definition) is 10. The number of hydrogen-bond donors (Lipinski definition) is 2. The molecule has 368 valence electrons. The molecule has 2 atom stereocenters. The molecule has 0 bridgehead atoms. The zero-order chi connectivity index (χ0) is 51.2. The molecule has 73 heavy (non-hydrogen) atoms. The first-order chi connectivity index (χ1) is 35.4. The van der Waals surface area contributed by atoms with E-state index in [2.05, 4.69) is 57.8 Å². The van der Waals surface area contributed by atoms with E-state index < -0.39 is 0 Å². The lowest BCUT2D eigenvalue weighted by Crippen LogP contribution is -2.39. The van der Waals surface area contributed by atoms with Crippen LogP contribution in [0.2, 0.25) is 0 Å². The van der Waals surface area contributed by atoms with Crippen molar-refractivity contribution in [1.82, 2.24) is 48.5 Å². The number of amides is 4. The maximum absolute atomic E-state index is 12.7. The van der Waals surface area contributed by atoms with Gasteiger partial charge in [-0.3, -0.25) is 37.9 Å². The molecule has 8 heterocycles. The summed E-state index contributed by atoms with van der Waals surface area (Å²) in [7, 11) is 0. The number of aromatic nitrogens is 8. The number of nitrogens with zero attached hydrogens (tertiary/aromatic N) is 10. The fraction of sp³-hybridized carbons (Fsp3) is 0.263. The molecule has 2 saturated heterocycles. The Bertz CT molecular complexity index is 3430. The SMILES string of the molecule is C=CC(=O)N1CCC[C@@H](c2nc(-c3ccc(C(=O)Nc4ccccn4)cc3)c3c(C)ncc(C)n23)C1.CC#CC(=O)N1CCC[C@@H](c2nc(-c3ccc(C(=O)Nc4ccccn4)cc3)c3c(C)ncc(C)n23)C1. The van der Waals surface area contributed by atoms with Gasteiger partial charge < -0.3 is 20.4 Å². The Hall–Kier alpha value is -8.84. The molecule has 2 aliphatic heterocycles. The van der Waals surface area contributed by atoms with Crippen LogP contribution in [-0.2, 0) is 9.59 Å². The molecule has 0 aliphatic carbocycles. The molecule has 2 aliphatic rings. The fourth-order valence-electron chi connectivity index (χ4n) is 9.71. The molecular formula is C57H56N12O4. The lowest BCUT2D eigenvalue weighted by Gasteiger charge is -2.31. The highest BCUT2D eigenvalue weighted by Gasteiger charge is 2.31. The van der Waals surface area contributed by atoms with Gasteiger partial charge in [0.2, 0.25) is 5.91 Å². The van der Waals surface area contributed by atoms with Gasteiger partial charge in [-0.25, -0.2) is 19.9 Å². The molecule has 0 radical (unpaired) electrons. The van der Waals surface area contributed by atoms with Gasteiger partial charge in [-0.2, -0.15) is 0 Å². The van der Waals surface area contributed by atoms with Crippen molar-refractivity contribution in [1.29, 1.82) is 0 Å². The average Bonchev–Trinajstić information content (AvgIpc) is 4.04. The zero-order valence-corrected chi connectivity index (χ0v) is 41.6. The van der Waals surface area contributed by atoms with Gasteiger partial charge in [0.1, 0.15) is 23.3 Å². The number of piperidine rings is 2. The number of rotatable bonds is 9. The second-order valence-corrected chi connectivity index (χ2v) is 18.3. The van der Waals surface area contributed by atoms with Crippen LogP contribution in [0.4, 0.5) is 11.6 Å². The molecule has 16 nitrogen and oxygen atoms in total. The van der Waals surface area contributed by atoms with Gasteiger partial charge in [0.05, 0.1) is 33.8 Å². The summed E-state index contributed by atoms with van der Waals surface area (Å²) in [6, 6.07) is 25.6. The smallest absolute Gasteiger partial charge is 0.298 e.